The number of amides is 1. The van der Waals surface area contributed by atoms with Crippen LogP contribution in [-0.4, -0.2) is 38.4 Å². The minimum absolute atomic E-state index is 0.0423. The van der Waals surface area contributed by atoms with Gasteiger partial charge < -0.3 is 9.47 Å². The first-order valence-electron chi connectivity index (χ1n) is 9.61. The zero-order valence-electron chi connectivity index (χ0n) is 15.7. The molecule has 1 atom stereocenters. The van der Waals surface area contributed by atoms with E-state index >= 15 is 0 Å². The Labute approximate surface area is 163 Å². The molecule has 1 aliphatic heterocycles. The van der Waals surface area contributed by atoms with Crippen LogP contribution in [-0.2, 0) is 17.8 Å². The van der Waals surface area contributed by atoms with Crippen LogP contribution >= 0.6 is 0 Å². The molecule has 5 nitrogen and oxygen atoms in total. The molecule has 6 heteroatoms. The molecule has 1 aromatic carbocycles. The smallest absolute Gasteiger partial charge is 0.227 e. The average Bonchev–Trinajstić information content (AvgIpc) is 3.17. The fraction of sp³-hybridized carbons (Fsp3) is 0.318. The lowest BCUT2D eigenvalue weighted by Crippen LogP contribution is -2.40. The highest BCUT2D eigenvalue weighted by Crippen LogP contribution is 2.26. The molecular weight excluding hydrogens is 355 g/mol. The number of hydrogen-bond donors (Lipinski definition) is 0. The molecule has 0 radical (unpaired) electrons. The minimum Gasteiger partial charge on any atom is -0.342 e. The Morgan fingerprint density at radius 2 is 2.07 bits per heavy atom. The Balaban J connectivity index is 1.44. The van der Waals surface area contributed by atoms with Crippen molar-refractivity contribution < 1.29 is 9.18 Å². The molecule has 2 aromatic heterocycles. The van der Waals surface area contributed by atoms with Crippen molar-refractivity contribution in [2.75, 3.05) is 13.1 Å². The fourth-order valence-corrected chi connectivity index (χ4v) is 3.85. The number of halogens is 1. The molecule has 3 heterocycles. The van der Waals surface area contributed by atoms with Crippen molar-refractivity contribution in [3.05, 3.63) is 84.0 Å². The number of pyridine rings is 1. The first-order chi connectivity index (χ1) is 13.7. The van der Waals surface area contributed by atoms with Gasteiger partial charge >= 0.3 is 0 Å². The zero-order chi connectivity index (χ0) is 19.3. The standard InChI is InChI=1S/C22H23FN4O/c23-20-7-1-4-17(12-20)13-21(28)26-10-3-6-19(16-26)22-25-9-11-27(22)15-18-5-2-8-24-14-18/h1-2,4-5,7-9,11-12,14,19H,3,6,10,13,15-16H2. The molecule has 1 fully saturated rings. The predicted octanol–water partition coefficient (Wildman–Crippen LogP) is 3.41. The van der Waals surface area contributed by atoms with Crippen LogP contribution in [0.4, 0.5) is 4.39 Å². The van der Waals surface area contributed by atoms with E-state index in [1.165, 1.54) is 12.1 Å². The molecule has 28 heavy (non-hydrogen) atoms. The summed E-state index contributed by atoms with van der Waals surface area (Å²) in [5, 5.41) is 0. The van der Waals surface area contributed by atoms with Crippen LogP contribution in [0.2, 0.25) is 0 Å². The third kappa shape index (κ3) is 4.27. The van der Waals surface area contributed by atoms with Gasteiger partial charge in [0.15, 0.2) is 0 Å². The van der Waals surface area contributed by atoms with Crippen LogP contribution in [0.15, 0.2) is 61.2 Å². The van der Waals surface area contributed by atoms with E-state index in [-0.39, 0.29) is 24.1 Å². The van der Waals surface area contributed by atoms with Gasteiger partial charge in [-0.25, -0.2) is 9.37 Å². The predicted molar refractivity (Wildman–Crippen MR) is 104 cm³/mol. The van der Waals surface area contributed by atoms with Crippen molar-refractivity contribution in [1.29, 1.82) is 0 Å². The highest BCUT2D eigenvalue weighted by molar-refractivity contribution is 5.79. The van der Waals surface area contributed by atoms with Crippen LogP contribution in [0.25, 0.3) is 0 Å². The monoisotopic (exact) mass is 378 g/mol. The average molecular weight is 378 g/mol. The van der Waals surface area contributed by atoms with Crippen LogP contribution in [0.1, 0.15) is 35.7 Å². The van der Waals surface area contributed by atoms with Crippen LogP contribution in [0.3, 0.4) is 0 Å². The molecule has 1 unspecified atom stereocenters. The van der Waals surface area contributed by atoms with Gasteiger partial charge in [0, 0.05) is 43.8 Å². The number of nitrogens with zero attached hydrogens (tertiary/aromatic N) is 4. The number of aromatic nitrogens is 3. The number of rotatable bonds is 5. The summed E-state index contributed by atoms with van der Waals surface area (Å²) in [5.74, 6) is 0.948. The van der Waals surface area contributed by atoms with Gasteiger partial charge in [-0.05, 0) is 42.2 Å². The maximum absolute atomic E-state index is 13.4. The van der Waals surface area contributed by atoms with Crippen LogP contribution in [0, 0.1) is 5.82 Å². The van der Waals surface area contributed by atoms with E-state index in [2.05, 4.69) is 14.5 Å². The molecule has 1 amide bonds. The number of benzene rings is 1. The number of likely N-dealkylation sites (tertiary alicyclic amines) is 1. The van der Waals surface area contributed by atoms with Crippen molar-refractivity contribution in [3.63, 3.8) is 0 Å². The van der Waals surface area contributed by atoms with E-state index in [9.17, 15) is 9.18 Å². The van der Waals surface area contributed by atoms with Gasteiger partial charge in [-0.1, -0.05) is 18.2 Å². The summed E-state index contributed by atoms with van der Waals surface area (Å²) in [5.41, 5.74) is 1.83. The van der Waals surface area contributed by atoms with E-state index in [0.29, 0.717) is 12.1 Å². The van der Waals surface area contributed by atoms with Crippen molar-refractivity contribution in [2.45, 2.75) is 31.7 Å². The summed E-state index contributed by atoms with van der Waals surface area (Å²) >= 11 is 0. The van der Waals surface area contributed by atoms with Crippen LogP contribution < -0.4 is 0 Å². The van der Waals surface area contributed by atoms with E-state index in [1.807, 2.05) is 35.6 Å². The summed E-state index contributed by atoms with van der Waals surface area (Å²) in [6.45, 7) is 2.11. The Bertz CT molecular complexity index is 940. The van der Waals surface area contributed by atoms with Crippen molar-refractivity contribution in [2.24, 2.45) is 0 Å². The molecule has 4 rings (SSSR count). The van der Waals surface area contributed by atoms with Crippen molar-refractivity contribution in [3.8, 4) is 0 Å². The third-order valence-electron chi connectivity index (χ3n) is 5.21. The highest BCUT2D eigenvalue weighted by Gasteiger charge is 2.27. The van der Waals surface area contributed by atoms with Gasteiger partial charge in [0.1, 0.15) is 11.6 Å². The van der Waals surface area contributed by atoms with Gasteiger partial charge in [0.2, 0.25) is 5.91 Å². The molecule has 0 spiro atoms. The Morgan fingerprint density at radius 1 is 1.18 bits per heavy atom. The quantitative estimate of drug-likeness (QED) is 0.684. The number of imidazole rings is 1. The van der Waals surface area contributed by atoms with E-state index in [4.69, 9.17) is 0 Å². The van der Waals surface area contributed by atoms with Gasteiger partial charge in [-0.15, -0.1) is 0 Å². The van der Waals surface area contributed by atoms with E-state index < -0.39 is 0 Å². The zero-order valence-corrected chi connectivity index (χ0v) is 15.7. The summed E-state index contributed by atoms with van der Waals surface area (Å²) < 4.78 is 15.5. The first kappa shape index (κ1) is 18.3. The summed E-state index contributed by atoms with van der Waals surface area (Å²) in [7, 11) is 0. The number of carbonyl (C=O) groups is 1. The first-order valence-corrected chi connectivity index (χ1v) is 9.61. The molecule has 3 aromatic rings. The largest absolute Gasteiger partial charge is 0.342 e. The molecule has 144 valence electrons. The molecule has 0 N–H and O–H groups in total. The molecule has 0 aliphatic carbocycles. The Hall–Kier alpha value is -3.02. The van der Waals surface area contributed by atoms with Gasteiger partial charge in [-0.3, -0.25) is 9.78 Å². The normalized spacial score (nSPS) is 16.9. The van der Waals surface area contributed by atoms with Gasteiger partial charge in [0.05, 0.1) is 13.0 Å². The second-order valence-corrected chi connectivity index (χ2v) is 7.26. The molecular formula is C22H23FN4O. The maximum Gasteiger partial charge on any atom is 0.227 e. The third-order valence-corrected chi connectivity index (χ3v) is 5.21. The molecule has 1 aliphatic rings. The highest BCUT2D eigenvalue weighted by atomic mass is 19.1. The lowest BCUT2D eigenvalue weighted by atomic mass is 9.96. The summed E-state index contributed by atoms with van der Waals surface area (Å²) in [4.78, 5) is 23.4. The molecule has 0 saturated carbocycles. The lowest BCUT2D eigenvalue weighted by molar-refractivity contribution is -0.131. The Morgan fingerprint density at radius 3 is 2.89 bits per heavy atom. The Kier molecular flexibility index (Phi) is 5.46. The van der Waals surface area contributed by atoms with Gasteiger partial charge in [-0.2, -0.15) is 0 Å². The maximum atomic E-state index is 13.4. The molecule has 0 bridgehead atoms. The van der Waals surface area contributed by atoms with E-state index in [1.54, 1.807) is 18.3 Å². The van der Waals surface area contributed by atoms with Crippen molar-refractivity contribution >= 4 is 5.91 Å². The lowest BCUT2D eigenvalue weighted by Gasteiger charge is -2.33. The summed E-state index contributed by atoms with van der Waals surface area (Å²) in [6.07, 6.45) is 9.61. The van der Waals surface area contributed by atoms with Gasteiger partial charge in [0.25, 0.3) is 0 Å². The number of piperidine rings is 1. The minimum atomic E-state index is -0.306. The van der Waals surface area contributed by atoms with E-state index in [0.717, 1.165) is 37.3 Å². The molecule has 1 saturated heterocycles. The van der Waals surface area contributed by atoms with Crippen molar-refractivity contribution in [1.82, 2.24) is 19.4 Å². The summed E-state index contributed by atoms with van der Waals surface area (Å²) in [6, 6.07) is 10.2. The topological polar surface area (TPSA) is 51.0 Å². The fourth-order valence-electron chi connectivity index (χ4n) is 3.85. The number of carbonyl (C=O) groups excluding carboxylic acids is 1. The second kappa shape index (κ2) is 8.33. The second-order valence-electron chi connectivity index (χ2n) is 7.26. The SMILES string of the molecule is O=C(Cc1cccc(F)c1)N1CCCC(c2nccn2Cc2cccnc2)C1. The number of hydrogen-bond acceptors (Lipinski definition) is 3. The van der Waals surface area contributed by atoms with Crippen LogP contribution in [0.5, 0.6) is 0 Å².